The minimum Gasteiger partial charge on any atom is -0.390 e. The molecule has 3 rings (SSSR count). The molecule has 2 amide bonds. The van der Waals surface area contributed by atoms with Crippen molar-refractivity contribution < 1.29 is 35.1 Å². The van der Waals surface area contributed by atoms with Gasteiger partial charge >= 0.3 is 0 Å². The van der Waals surface area contributed by atoms with Crippen LogP contribution in [0.2, 0.25) is 5.02 Å². The van der Waals surface area contributed by atoms with E-state index in [1.807, 2.05) is 13.8 Å². The normalized spacial score (nSPS) is 33.9. The summed E-state index contributed by atoms with van der Waals surface area (Å²) in [5.74, 6) is -1.55. The van der Waals surface area contributed by atoms with E-state index >= 15 is 0 Å². The van der Waals surface area contributed by atoms with Gasteiger partial charge in [0.05, 0.1) is 17.8 Å². The Bertz CT molecular complexity index is 926. The molecule has 2 fully saturated rings. The maximum atomic E-state index is 13.5. The number of nitrogens with one attached hydrogen (secondary N) is 1. The molecule has 1 heterocycles. The number of hydrogen-bond donors (Lipinski definition) is 6. The zero-order chi connectivity index (χ0) is 26.3. The number of halogens is 1. The van der Waals surface area contributed by atoms with Gasteiger partial charge in [-0.3, -0.25) is 9.59 Å². The van der Waals surface area contributed by atoms with Crippen LogP contribution in [0.15, 0.2) is 24.3 Å². The van der Waals surface area contributed by atoms with Crippen LogP contribution >= 0.6 is 11.6 Å². The number of nitrogens with zero attached hydrogens (tertiary/aromatic N) is 1. The maximum Gasteiger partial charge on any atom is 0.252 e. The number of benzene rings is 1. The molecular formula is C25H37ClN2O7. The topological polar surface area (TPSA) is 151 Å². The zero-order valence-electron chi connectivity index (χ0n) is 20.6. The van der Waals surface area contributed by atoms with Crippen molar-refractivity contribution in [2.75, 3.05) is 13.1 Å². The first kappa shape index (κ1) is 27.8. The Morgan fingerprint density at radius 3 is 2.09 bits per heavy atom. The molecule has 1 aromatic rings. The van der Waals surface area contributed by atoms with Crippen molar-refractivity contribution in [1.29, 1.82) is 0 Å². The summed E-state index contributed by atoms with van der Waals surface area (Å²) in [6.45, 7) is 7.78. The molecule has 1 saturated heterocycles. The van der Waals surface area contributed by atoms with E-state index in [0.29, 0.717) is 10.6 Å². The van der Waals surface area contributed by atoms with Crippen LogP contribution in [-0.4, -0.2) is 85.3 Å². The van der Waals surface area contributed by atoms with Crippen LogP contribution in [0, 0.1) is 11.3 Å². The highest BCUT2D eigenvalue weighted by atomic mass is 35.5. The number of aliphatic hydroxyl groups is 5. The fourth-order valence-electron chi connectivity index (χ4n) is 5.22. The Kier molecular flexibility index (Phi) is 7.91. The first-order valence-corrected chi connectivity index (χ1v) is 12.3. The van der Waals surface area contributed by atoms with E-state index in [0.717, 1.165) is 0 Å². The minimum atomic E-state index is -2.12. The first-order valence-electron chi connectivity index (χ1n) is 12.0. The van der Waals surface area contributed by atoms with Gasteiger partial charge in [-0.2, -0.15) is 0 Å². The molecule has 0 radical (unpaired) electrons. The molecule has 1 aliphatic carbocycles. The highest BCUT2D eigenvalue weighted by Crippen LogP contribution is 2.46. The van der Waals surface area contributed by atoms with E-state index < -0.39 is 59.7 Å². The van der Waals surface area contributed by atoms with E-state index in [1.165, 1.54) is 0 Å². The number of piperidine rings is 1. The molecule has 2 aliphatic rings. The lowest BCUT2D eigenvalue weighted by Gasteiger charge is -2.51. The Morgan fingerprint density at radius 2 is 1.60 bits per heavy atom. The molecule has 0 bridgehead atoms. The third-order valence-electron chi connectivity index (χ3n) is 7.61. The number of carbonyl (C=O) groups is 2. The van der Waals surface area contributed by atoms with Crippen molar-refractivity contribution in [2.45, 2.75) is 82.5 Å². The number of hydrogen-bond acceptors (Lipinski definition) is 7. The lowest BCUT2D eigenvalue weighted by molar-refractivity contribution is -0.175. The molecule has 1 saturated carbocycles. The van der Waals surface area contributed by atoms with Gasteiger partial charge in [0.15, 0.2) is 0 Å². The van der Waals surface area contributed by atoms with Gasteiger partial charge in [0.25, 0.3) is 5.91 Å². The van der Waals surface area contributed by atoms with Crippen LogP contribution in [0.5, 0.6) is 0 Å². The summed E-state index contributed by atoms with van der Waals surface area (Å²) >= 11 is 6.00. The average molecular weight is 513 g/mol. The van der Waals surface area contributed by atoms with E-state index in [1.54, 1.807) is 43.0 Å². The fourth-order valence-corrected chi connectivity index (χ4v) is 5.34. The summed E-state index contributed by atoms with van der Waals surface area (Å²) in [7, 11) is 0. The van der Waals surface area contributed by atoms with Crippen LogP contribution in [0.25, 0.3) is 0 Å². The standard InChI is InChI=1S/C25H37ClN2O7/c1-14(2)19(27-22(33)24(34)11-17(29)20(31)18(30)12-24)21(32)28-10-9-25(35,23(3,4)13-28)15-5-7-16(26)8-6-15/h5-8,14,17-20,29-31,34-35H,9-13H2,1-4H3,(H,27,33)/t17-,18-,19-,20-,24+,25+/m1/s1. The molecule has 9 nitrogen and oxygen atoms in total. The van der Waals surface area contributed by atoms with Crippen molar-refractivity contribution in [3.8, 4) is 0 Å². The molecule has 6 N–H and O–H groups in total. The Hall–Kier alpha value is -1.75. The molecule has 0 unspecified atom stereocenters. The molecule has 1 aromatic carbocycles. The number of carbonyl (C=O) groups excluding carboxylic acids is 2. The third kappa shape index (κ3) is 5.35. The fraction of sp³-hybridized carbons (Fsp3) is 0.680. The second-order valence-corrected chi connectivity index (χ2v) is 11.5. The Balaban J connectivity index is 1.75. The van der Waals surface area contributed by atoms with Crippen molar-refractivity contribution in [3.63, 3.8) is 0 Å². The van der Waals surface area contributed by atoms with E-state index in [4.69, 9.17) is 11.6 Å². The second kappa shape index (κ2) is 9.95. The average Bonchev–Trinajstić information content (AvgIpc) is 2.77. The largest absolute Gasteiger partial charge is 0.390 e. The molecule has 0 spiro atoms. The number of likely N-dealkylation sites (tertiary alicyclic amines) is 1. The van der Waals surface area contributed by atoms with Gasteiger partial charge in [0, 0.05) is 36.4 Å². The van der Waals surface area contributed by atoms with Gasteiger partial charge < -0.3 is 35.7 Å². The minimum absolute atomic E-state index is 0.234. The van der Waals surface area contributed by atoms with Gasteiger partial charge in [-0.1, -0.05) is 51.4 Å². The monoisotopic (exact) mass is 512 g/mol. The molecule has 1 aliphatic heterocycles. The highest BCUT2D eigenvalue weighted by Gasteiger charge is 2.52. The van der Waals surface area contributed by atoms with Gasteiger partial charge in [0.2, 0.25) is 5.91 Å². The molecule has 4 atom stereocenters. The predicted molar refractivity (Wildman–Crippen MR) is 129 cm³/mol. The molecule has 35 heavy (non-hydrogen) atoms. The van der Waals surface area contributed by atoms with E-state index in [9.17, 15) is 35.1 Å². The predicted octanol–water partition coefficient (Wildman–Crippen LogP) is 0.535. The second-order valence-electron chi connectivity index (χ2n) is 11.0. The van der Waals surface area contributed by atoms with Crippen molar-refractivity contribution >= 4 is 23.4 Å². The molecule has 10 heteroatoms. The van der Waals surface area contributed by atoms with E-state index in [2.05, 4.69) is 5.32 Å². The third-order valence-corrected chi connectivity index (χ3v) is 7.86. The molecule has 0 aromatic heterocycles. The zero-order valence-corrected chi connectivity index (χ0v) is 21.4. The molecule has 196 valence electrons. The van der Waals surface area contributed by atoms with Crippen LogP contribution in [0.1, 0.15) is 52.5 Å². The maximum absolute atomic E-state index is 13.5. The highest BCUT2D eigenvalue weighted by molar-refractivity contribution is 6.30. The first-order chi connectivity index (χ1) is 16.1. The summed E-state index contributed by atoms with van der Waals surface area (Å²) in [6.07, 6.45) is -5.04. The summed E-state index contributed by atoms with van der Waals surface area (Å²) in [6, 6.07) is 6.03. The van der Waals surface area contributed by atoms with Gasteiger partial charge in [0.1, 0.15) is 17.7 Å². The van der Waals surface area contributed by atoms with Crippen molar-refractivity contribution in [3.05, 3.63) is 34.9 Å². The number of amides is 2. The molecular weight excluding hydrogens is 476 g/mol. The lowest BCUT2D eigenvalue weighted by Crippen LogP contribution is -2.64. The van der Waals surface area contributed by atoms with E-state index in [-0.39, 0.29) is 31.3 Å². The summed E-state index contributed by atoms with van der Waals surface area (Å²) in [4.78, 5) is 28.1. The van der Waals surface area contributed by atoms with Crippen molar-refractivity contribution in [2.24, 2.45) is 11.3 Å². The summed E-state index contributed by atoms with van der Waals surface area (Å²) in [5, 5.41) is 55.2. The van der Waals surface area contributed by atoms with Crippen LogP contribution in [0.4, 0.5) is 0 Å². The van der Waals surface area contributed by atoms with Crippen LogP contribution < -0.4 is 5.32 Å². The quantitative estimate of drug-likeness (QED) is 0.337. The van der Waals surface area contributed by atoms with Crippen LogP contribution in [-0.2, 0) is 15.2 Å². The van der Waals surface area contributed by atoms with Gasteiger partial charge in [-0.05, 0) is 30.0 Å². The SMILES string of the molecule is CC(C)[C@@H](NC(=O)[C@]1(O)C[C@@H](O)[C@@H](O)[C@H](O)C1)C(=O)N1CC[C@](O)(c2ccc(Cl)cc2)C(C)(C)C1. The Morgan fingerprint density at radius 1 is 1.06 bits per heavy atom. The van der Waals surface area contributed by atoms with Crippen molar-refractivity contribution in [1.82, 2.24) is 10.2 Å². The van der Waals surface area contributed by atoms with Crippen LogP contribution in [0.3, 0.4) is 0 Å². The summed E-state index contributed by atoms with van der Waals surface area (Å²) in [5.41, 5.74) is -3.31. The smallest absolute Gasteiger partial charge is 0.252 e. The van der Waals surface area contributed by atoms with Gasteiger partial charge in [-0.15, -0.1) is 0 Å². The van der Waals surface area contributed by atoms with Gasteiger partial charge in [-0.25, -0.2) is 0 Å². The Labute approximate surface area is 210 Å². The number of aliphatic hydroxyl groups excluding tert-OH is 3. The lowest BCUT2D eigenvalue weighted by atomic mass is 9.66. The summed E-state index contributed by atoms with van der Waals surface area (Å²) < 4.78 is 0. The number of rotatable bonds is 5.